The van der Waals surface area contributed by atoms with Gasteiger partial charge in [-0.25, -0.2) is 4.79 Å². The third-order valence-electron chi connectivity index (χ3n) is 3.32. The maximum absolute atomic E-state index is 11.5. The van der Waals surface area contributed by atoms with E-state index in [9.17, 15) is 4.79 Å². The van der Waals surface area contributed by atoms with Gasteiger partial charge in [-0.1, -0.05) is 24.8 Å². The highest BCUT2D eigenvalue weighted by Gasteiger charge is 2.22. The molecule has 0 fully saturated rings. The topological polar surface area (TPSA) is 47.6 Å². The fourth-order valence-electron chi connectivity index (χ4n) is 2.41. The lowest BCUT2D eigenvalue weighted by molar-refractivity contribution is 0.153. The van der Waals surface area contributed by atoms with Crippen LogP contribution in [0.2, 0.25) is 0 Å². The van der Waals surface area contributed by atoms with Crippen molar-refractivity contribution in [3.63, 3.8) is 0 Å². The molecule has 1 atom stereocenters. The normalized spacial score (nSPS) is 17.2. The lowest BCUT2D eigenvalue weighted by atomic mass is 9.88. The van der Waals surface area contributed by atoms with Crippen LogP contribution >= 0.6 is 0 Å². The largest absolute Gasteiger partial charge is 0.496 e. The van der Waals surface area contributed by atoms with Crippen molar-refractivity contribution in [2.45, 2.75) is 25.3 Å². The number of rotatable bonds is 4. The number of methoxy groups -OCH3 is 1. The molecule has 0 saturated carbocycles. The van der Waals surface area contributed by atoms with Crippen LogP contribution in [0.15, 0.2) is 30.9 Å². The summed E-state index contributed by atoms with van der Waals surface area (Å²) in [6.07, 6.45) is 3.81. The number of hydrogen-bond donors (Lipinski definition) is 1. The monoisotopic (exact) mass is 261 g/mol. The van der Waals surface area contributed by atoms with E-state index in [0.29, 0.717) is 0 Å². The molecule has 0 spiro atoms. The zero-order valence-corrected chi connectivity index (χ0v) is 11.1. The minimum Gasteiger partial charge on any atom is -0.496 e. The number of carbonyl (C=O) groups is 1. The quantitative estimate of drug-likeness (QED) is 0.847. The molecule has 0 aliphatic heterocycles. The summed E-state index contributed by atoms with van der Waals surface area (Å²) in [4.78, 5) is 11.5. The summed E-state index contributed by atoms with van der Waals surface area (Å²) in [6, 6.07) is 6.17. The van der Waals surface area contributed by atoms with Gasteiger partial charge in [-0.2, -0.15) is 0 Å². The molecule has 0 radical (unpaired) electrons. The van der Waals surface area contributed by atoms with E-state index in [1.807, 2.05) is 12.1 Å². The second kappa shape index (κ2) is 6.27. The Kier molecular flexibility index (Phi) is 4.44. The first kappa shape index (κ1) is 13.5. The molecule has 0 aromatic heterocycles. The SMILES string of the molecule is C=CCOC(=O)N[C@H]1CCc2cccc(OC)c2C1. The maximum atomic E-state index is 11.5. The molecule has 1 aromatic rings. The standard InChI is InChI=1S/C15H19NO3/c1-3-9-19-15(17)16-12-8-7-11-5-4-6-14(18-2)13(11)10-12/h3-6,12H,1,7-10H2,2H3,(H,16,17)/t12-/m0/s1. The average Bonchev–Trinajstić information content (AvgIpc) is 2.44. The molecule has 2 rings (SSSR count). The summed E-state index contributed by atoms with van der Waals surface area (Å²) >= 11 is 0. The Bertz CT molecular complexity index is 456. The fourth-order valence-corrected chi connectivity index (χ4v) is 2.41. The van der Waals surface area contributed by atoms with Gasteiger partial charge in [0.05, 0.1) is 7.11 Å². The van der Waals surface area contributed by atoms with Gasteiger partial charge in [0.25, 0.3) is 0 Å². The molecule has 1 aromatic carbocycles. The highest BCUT2D eigenvalue weighted by molar-refractivity contribution is 5.67. The second-order valence-corrected chi connectivity index (χ2v) is 4.57. The number of alkyl carbamates (subject to hydrolysis) is 1. The minimum absolute atomic E-state index is 0.0983. The maximum Gasteiger partial charge on any atom is 0.407 e. The number of fused-ring (bicyclic) bond motifs is 1. The van der Waals surface area contributed by atoms with E-state index in [1.165, 1.54) is 11.1 Å². The van der Waals surface area contributed by atoms with Gasteiger partial charge >= 0.3 is 6.09 Å². The molecule has 0 bridgehead atoms. The summed E-state index contributed by atoms with van der Waals surface area (Å²) in [5.74, 6) is 0.892. The minimum atomic E-state index is -0.386. The van der Waals surface area contributed by atoms with E-state index >= 15 is 0 Å². The van der Waals surface area contributed by atoms with Crippen molar-refractivity contribution in [1.29, 1.82) is 0 Å². The van der Waals surface area contributed by atoms with Crippen LogP contribution in [0, 0.1) is 0 Å². The Morgan fingerprint density at radius 3 is 3.16 bits per heavy atom. The third kappa shape index (κ3) is 3.28. The van der Waals surface area contributed by atoms with Crippen LogP contribution in [0.4, 0.5) is 4.79 Å². The molecule has 0 saturated heterocycles. The predicted molar refractivity (Wildman–Crippen MR) is 73.5 cm³/mol. The lowest BCUT2D eigenvalue weighted by Crippen LogP contribution is -2.39. The predicted octanol–water partition coefficient (Wildman–Crippen LogP) is 2.46. The van der Waals surface area contributed by atoms with Gasteiger partial charge < -0.3 is 14.8 Å². The van der Waals surface area contributed by atoms with Gasteiger partial charge in [0.2, 0.25) is 0 Å². The molecule has 1 N–H and O–H groups in total. The first-order valence-electron chi connectivity index (χ1n) is 6.43. The summed E-state index contributed by atoms with van der Waals surface area (Å²) in [5.41, 5.74) is 2.49. The van der Waals surface area contributed by atoms with Crippen LogP contribution in [0.25, 0.3) is 0 Å². The number of nitrogens with one attached hydrogen (secondary N) is 1. The van der Waals surface area contributed by atoms with Crippen LogP contribution in [-0.4, -0.2) is 25.9 Å². The molecule has 0 unspecified atom stereocenters. The molecule has 0 heterocycles. The number of carbonyl (C=O) groups excluding carboxylic acids is 1. The number of hydrogen-bond acceptors (Lipinski definition) is 3. The molecule has 1 aliphatic rings. The van der Waals surface area contributed by atoms with Crippen LogP contribution in [-0.2, 0) is 17.6 Å². The van der Waals surface area contributed by atoms with Crippen molar-refractivity contribution in [2.24, 2.45) is 0 Å². The van der Waals surface area contributed by atoms with Gasteiger partial charge in [-0.05, 0) is 36.5 Å². The van der Waals surface area contributed by atoms with Gasteiger partial charge in [0, 0.05) is 6.04 Å². The van der Waals surface area contributed by atoms with Gasteiger partial charge in [0.15, 0.2) is 0 Å². The highest BCUT2D eigenvalue weighted by atomic mass is 16.5. The Morgan fingerprint density at radius 1 is 1.58 bits per heavy atom. The molecular weight excluding hydrogens is 242 g/mol. The number of benzene rings is 1. The number of aryl methyl sites for hydroxylation is 1. The van der Waals surface area contributed by atoms with Crippen molar-refractivity contribution in [2.75, 3.05) is 13.7 Å². The second-order valence-electron chi connectivity index (χ2n) is 4.57. The molecule has 1 amide bonds. The van der Waals surface area contributed by atoms with Crippen LogP contribution < -0.4 is 10.1 Å². The van der Waals surface area contributed by atoms with E-state index in [1.54, 1.807) is 13.2 Å². The average molecular weight is 261 g/mol. The van der Waals surface area contributed by atoms with Crippen LogP contribution in [0.1, 0.15) is 17.5 Å². The Labute approximate surface area is 113 Å². The summed E-state index contributed by atoms with van der Waals surface area (Å²) in [7, 11) is 1.67. The van der Waals surface area contributed by atoms with Crippen molar-refractivity contribution in [1.82, 2.24) is 5.32 Å². The number of amides is 1. The highest BCUT2D eigenvalue weighted by Crippen LogP contribution is 2.29. The summed E-state index contributed by atoms with van der Waals surface area (Å²) in [5, 5.41) is 2.88. The first-order valence-corrected chi connectivity index (χ1v) is 6.43. The van der Waals surface area contributed by atoms with E-state index in [2.05, 4.69) is 18.0 Å². The van der Waals surface area contributed by atoms with E-state index in [0.717, 1.165) is 25.0 Å². The van der Waals surface area contributed by atoms with E-state index < -0.39 is 0 Å². The van der Waals surface area contributed by atoms with Crippen molar-refractivity contribution >= 4 is 6.09 Å². The lowest BCUT2D eigenvalue weighted by Gasteiger charge is -2.26. The molecule has 4 nitrogen and oxygen atoms in total. The fraction of sp³-hybridized carbons (Fsp3) is 0.400. The van der Waals surface area contributed by atoms with Gasteiger partial charge in [-0.15, -0.1) is 0 Å². The third-order valence-corrected chi connectivity index (χ3v) is 3.32. The Balaban J connectivity index is 2.01. The van der Waals surface area contributed by atoms with Gasteiger partial charge in [0.1, 0.15) is 12.4 Å². The van der Waals surface area contributed by atoms with Gasteiger partial charge in [-0.3, -0.25) is 0 Å². The molecule has 1 aliphatic carbocycles. The van der Waals surface area contributed by atoms with E-state index in [4.69, 9.17) is 9.47 Å². The molecule has 4 heteroatoms. The smallest absolute Gasteiger partial charge is 0.407 e. The first-order chi connectivity index (χ1) is 9.24. The van der Waals surface area contributed by atoms with E-state index in [-0.39, 0.29) is 18.7 Å². The summed E-state index contributed by atoms with van der Waals surface area (Å²) < 4.78 is 10.3. The molecule has 102 valence electrons. The van der Waals surface area contributed by atoms with Crippen LogP contribution in [0.3, 0.4) is 0 Å². The Hall–Kier alpha value is -1.97. The van der Waals surface area contributed by atoms with Crippen molar-refractivity contribution in [3.8, 4) is 5.75 Å². The van der Waals surface area contributed by atoms with Crippen molar-refractivity contribution < 1.29 is 14.3 Å². The molecule has 19 heavy (non-hydrogen) atoms. The van der Waals surface area contributed by atoms with Crippen molar-refractivity contribution in [3.05, 3.63) is 42.0 Å². The molecular formula is C15H19NO3. The Morgan fingerprint density at radius 2 is 2.42 bits per heavy atom. The number of ether oxygens (including phenoxy) is 2. The zero-order valence-electron chi connectivity index (χ0n) is 11.1. The zero-order chi connectivity index (χ0) is 13.7. The summed E-state index contributed by atoms with van der Waals surface area (Å²) in [6.45, 7) is 3.74. The van der Waals surface area contributed by atoms with Crippen LogP contribution in [0.5, 0.6) is 5.75 Å².